The van der Waals surface area contributed by atoms with Crippen LogP contribution in [0.5, 0.6) is 0 Å². The van der Waals surface area contributed by atoms with Crippen LogP contribution >= 0.6 is 11.6 Å². The fraction of sp³-hybridized carbons (Fsp3) is 0.176. The number of anilines is 1. The van der Waals surface area contributed by atoms with Crippen molar-refractivity contribution in [2.75, 3.05) is 11.9 Å². The van der Waals surface area contributed by atoms with Gasteiger partial charge >= 0.3 is 0 Å². The van der Waals surface area contributed by atoms with Crippen molar-refractivity contribution in [1.82, 2.24) is 5.32 Å². The first-order valence-corrected chi connectivity index (χ1v) is 7.45. The first-order chi connectivity index (χ1) is 10.6. The van der Waals surface area contributed by atoms with Gasteiger partial charge in [0.1, 0.15) is 0 Å². The van der Waals surface area contributed by atoms with Crippen LogP contribution in [0.4, 0.5) is 5.69 Å². The van der Waals surface area contributed by atoms with Crippen LogP contribution < -0.4 is 10.6 Å². The maximum Gasteiger partial charge on any atom is 0.251 e. The van der Waals surface area contributed by atoms with Gasteiger partial charge in [-0.15, -0.1) is 0 Å². The van der Waals surface area contributed by atoms with Crippen molar-refractivity contribution in [3.8, 4) is 0 Å². The highest BCUT2D eigenvalue weighted by molar-refractivity contribution is 6.30. The normalized spacial score (nSPS) is 12.7. The van der Waals surface area contributed by atoms with E-state index in [0.29, 0.717) is 23.6 Å². The van der Waals surface area contributed by atoms with Crippen molar-refractivity contribution in [1.29, 1.82) is 0 Å². The van der Waals surface area contributed by atoms with Crippen molar-refractivity contribution < 1.29 is 9.59 Å². The van der Waals surface area contributed by atoms with E-state index in [1.807, 2.05) is 24.3 Å². The van der Waals surface area contributed by atoms with Crippen LogP contribution in [0.15, 0.2) is 42.5 Å². The van der Waals surface area contributed by atoms with Gasteiger partial charge in [-0.05, 0) is 47.9 Å². The molecule has 0 saturated carbocycles. The minimum atomic E-state index is -0.129. The minimum Gasteiger partial charge on any atom is -0.352 e. The minimum absolute atomic E-state index is 0.0321. The lowest BCUT2D eigenvalue weighted by Crippen LogP contribution is -2.25. The number of amides is 2. The molecule has 1 aliphatic rings. The molecule has 5 heteroatoms. The Morgan fingerprint density at radius 2 is 1.95 bits per heavy atom. The third-order valence-corrected chi connectivity index (χ3v) is 3.86. The van der Waals surface area contributed by atoms with Gasteiger partial charge in [-0.2, -0.15) is 0 Å². The average molecular weight is 315 g/mol. The molecule has 22 heavy (non-hydrogen) atoms. The maximum absolute atomic E-state index is 12.1. The SMILES string of the molecule is O=C1Cc2cc(C(=O)NCCc3ccc(Cl)cc3)ccc2N1. The molecule has 0 aromatic heterocycles. The Morgan fingerprint density at radius 3 is 2.73 bits per heavy atom. The van der Waals surface area contributed by atoms with Crippen molar-refractivity contribution in [3.05, 3.63) is 64.2 Å². The molecule has 1 aliphatic heterocycles. The van der Waals surface area contributed by atoms with E-state index >= 15 is 0 Å². The molecule has 2 aromatic rings. The zero-order chi connectivity index (χ0) is 15.5. The molecule has 0 unspecified atom stereocenters. The summed E-state index contributed by atoms with van der Waals surface area (Å²) < 4.78 is 0. The summed E-state index contributed by atoms with van der Waals surface area (Å²) in [5.41, 5.74) is 3.36. The summed E-state index contributed by atoms with van der Waals surface area (Å²) in [6, 6.07) is 12.8. The number of fused-ring (bicyclic) bond motifs is 1. The number of benzene rings is 2. The molecule has 2 aromatic carbocycles. The monoisotopic (exact) mass is 314 g/mol. The fourth-order valence-electron chi connectivity index (χ4n) is 2.44. The second kappa shape index (κ2) is 6.20. The molecule has 2 N–H and O–H groups in total. The molecule has 2 amide bonds. The maximum atomic E-state index is 12.1. The zero-order valence-electron chi connectivity index (χ0n) is 11.9. The number of rotatable bonds is 4. The van der Waals surface area contributed by atoms with Crippen molar-refractivity contribution >= 4 is 29.1 Å². The second-order valence-corrected chi connectivity index (χ2v) is 5.67. The second-order valence-electron chi connectivity index (χ2n) is 5.23. The summed E-state index contributed by atoms with van der Waals surface area (Å²) >= 11 is 5.83. The fourth-order valence-corrected chi connectivity index (χ4v) is 2.57. The zero-order valence-corrected chi connectivity index (χ0v) is 12.6. The molecule has 0 atom stereocenters. The lowest BCUT2D eigenvalue weighted by Gasteiger charge is -2.07. The van der Waals surface area contributed by atoms with Gasteiger partial charge in [-0.25, -0.2) is 0 Å². The Hall–Kier alpha value is -2.33. The third-order valence-electron chi connectivity index (χ3n) is 3.61. The van der Waals surface area contributed by atoms with Crippen LogP contribution in [0.2, 0.25) is 5.02 Å². The van der Waals surface area contributed by atoms with E-state index in [1.165, 1.54) is 0 Å². The first-order valence-electron chi connectivity index (χ1n) is 7.07. The Kier molecular flexibility index (Phi) is 4.11. The van der Waals surface area contributed by atoms with E-state index < -0.39 is 0 Å². The largest absolute Gasteiger partial charge is 0.352 e. The van der Waals surface area contributed by atoms with E-state index in [4.69, 9.17) is 11.6 Å². The molecule has 112 valence electrons. The molecule has 1 heterocycles. The summed E-state index contributed by atoms with van der Waals surface area (Å²) in [7, 11) is 0. The predicted molar refractivity (Wildman–Crippen MR) is 86.3 cm³/mol. The van der Waals surface area contributed by atoms with Gasteiger partial charge in [0.15, 0.2) is 0 Å². The highest BCUT2D eigenvalue weighted by Gasteiger charge is 2.18. The van der Waals surface area contributed by atoms with Crippen LogP contribution in [-0.4, -0.2) is 18.4 Å². The lowest BCUT2D eigenvalue weighted by molar-refractivity contribution is -0.115. The summed E-state index contributed by atoms with van der Waals surface area (Å²) in [5.74, 6) is -0.161. The summed E-state index contributed by atoms with van der Waals surface area (Å²) in [5, 5.41) is 6.34. The number of carbonyl (C=O) groups is 2. The highest BCUT2D eigenvalue weighted by Crippen LogP contribution is 2.23. The van der Waals surface area contributed by atoms with Gasteiger partial charge in [0.2, 0.25) is 5.91 Å². The van der Waals surface area contributed by atoms with Crippen LogP contribution in [-0.2, 0) is 17.6 Å². The number of carbonyl (C=O) groups excluding carboxylic acids is 2. The van der Waals surface area contributed by atoms with E-state index in [2.05, 4.69) is 10.6 Å². The van der Waals surface area contributed by atoms with Gasteiger partial charge in [0, 0.05) is 22.8 Å². The molecule has 0 fully saturated rings. The van der Waals surface area contributed by atoms with Gasteiger partial charge < -0.3 is 10.6 Å². The van der Waals surface area contributed by atoms with E-state index in [-0.39, 0.29) is 11.8 Å². The Bertz CT molecular complexity index is 726. The summed E-state index contributed by atoms with van der Waals surface area (Å²) in [6.07, 6.45) is 1.08. The molecule has 0 radical (unpaired) electrons. The van der Waals surface area contributed by atoms with Gasteiger partial charge in [-0.1, -0.05) is 23.7 Å². The van der Waals surface area contributed by atoms with Crippen molar-refractivity contribution in [3.63, 3.8) is 0 Å². The quantitative estimate of drug-likeness (QED) is 0.911. The smallest absolute Gasteiger partial charge is 0.251 e. The topological polar surface area (TPSA) is 58.2 Å². The van der Waals surface area contributed by atoms with Crippen molar-refractivity contribution in [2.45, 2.75) is 12.8 Å². The Balaban J connectivity index is 1.57. The summed E-state index contributed by atoms with van der Waals surface area (Å²) in [4.78, 5) is 23.4. The Morgan fingerprint density at radius 1 is 1.18 bits per heavy atom. The van der Waals surface area contributed by atoms with Crippen LogP contribution in [0.3, 0.4) is 0 Å². The van der Waals surface area contributed by atoms with Gasteiger partial charge in [0.05, 0.1) is 6.42 Å². The van der Waals surface area contributed by atoms with E-state index in [0.717, 1.165) is 23.2 Å². The molecule has 0 spiro atoms. The van der Waals surface area contributed by atoms with Gasteiger partial charge in [0.25, 0.3) is 5.91 Å². The van der Waals surface area contributed by atoms with Crippen LogP contribution in [0.25, 0.3) is 0 Å². The first kappa shape index (κ1) is 14.6. The molecule has 0 aliphatic carbocycles. The Labute approximate surface area is 133 Å². The van der Waals surface area contributed by atoms with E-state index in [1.54, 1.807) is 18.2 Å². The predicted octanol–water partition coefficient (Wildman–Crippen LogP) is 2.81. The third kappa shape index (κ3) is 3.28. The molecule has 0 saturated heterocycles. The van der Waals surface area contributed by atoms with Crippen molar-refractivity contribution in [2.24, 2.45) is 0 Å². The number of nitrogens with one attached hydrogen (secondary N) is 2. The van der Waals surface area contributed by atoms with Crippen LogP contribution in [0.1, 0.15) is 21.5 Å². The number of halogens is 1. The number of hydrogen-bond acceptors (Lipinski definition) is 2. The molecule has 3 rings (SSSR count). The molecule has 4 nitrogen and oxygen atoms in total. The van der Waals surface area contributed by atoms with E-state index in [9.17, 15) is 9.59 Å². The lowest BCUT2D eigenvalue weighted by atomic mass is 10.1. The average Bonchev–Trinajstić information content (AvgIpc) is 2.88. The molecular weight excluding hydrogens is 300 g/mol. The highest BCUT2D eigenvalue weighted by atomic mass is 35.5. The van der Waals surface area contributed by atoms with Gasteiger partial charge in [-0.3, -0.25) is 9.59 Å². The standard InChI is InChI=1S/C17H15ClN2O2/c18-14-4-1-11(2-5-14)7-8-19-17(22)12-3-6-15-13(9-12)10-16(21)20-15/h1-6,9H,7-8,10H2,(H,19,22)(H,20,21). The molecular formula is C17H15ClN2O2. The summed E-state index contributed by atoms with van der Waals surface area (Å²) in [6.45, 7) is 0.550. The number of hydrogen-bond donors (Lipinski definition) is 2. The molecule has 0 bridgehead atoms. The van der Waals surface area contributed by atoms with Crippen LogP contribution in [0, 0.1) is 0 Å².